The Hall–Kier alpha value is -1.48. The number of carbonyl (C=O) groups is 2. The van der Waals surface area contributed by atoms with Gasteiger partial charge in [-0.25, -0.2) is 0 Å². The Morgan fingerprint density at radius 2 is 0.750 bits per heavy atom. The lowest BCUT2D eigenvalue weighted by molar-refractivity contribution is -0.120. The molecule has 326 valence electrons. The van der Waals surface area contributed by atoms with Crippen molar-refractivity contribution < 1.29 is 9.59 Å². The third-order valence-electron chi connectivity index (χ3n) is 12.5. The van der Waals surface area contributed by atoms with Crippen LogP contribution in [0.15, 0.2) is 24.3 Å². The third kappa shape index (κ3) is 33.5. The van der Waals surface area contributed by atoms with Gasteiger partial charge in [0.05, 0.1) is 0 Å². The van der Waals surface area contributed by atoms with E-state index in [1.165, 1.54) is 210 Å². The number of aryl methyl sites for hydroxylation is 2. The molecule has 0 heterocycles. The van der Waals surface area contributed by atoms with Crippen molar-refractivity contribution in [2.75, 3.05) is 19.6 Å². The van der Waals surface area contributed by atoms with E-state index >= 15 is 0 Å². The van der Waals surface area contributed by atoms with Gasteiger partial charge >= 0.3 is 0 Å². The normalized spacial score (nSPS) is 11.7. The summed E-state index contributed by atoms with van der Waals surface area (Å²) in [5, 5.41) is 0. The second-order valence-electron chi connectivity index (χ2n) is 17.9. The van der Waals surface area contributed by atoms with Crippen molar-refractivity contribution in [3.8, 4) is 0 Å². The molecule has 1 aromatic carbocycles. The van der Waals surface area contributed by atoms with Crippen LogP contribution < -0.4 is 0 Å². The first-order chi connectivity index (χ1) is 27.5. The van der Waals surface area contributed by atoms with Gasteiger partial charge in [-0.05, 0) is 94.5 Å². The maximum absolute atomic E-state index is 12.9. The highest BCUT2D eigenvalue weighted by atomic mass is 16.1. The van der Waals surface area contributed by atoms with E-state index in [1.807, 2.05) is 0 Å². The quantitative estimate of drug-likeness (QED) is 0.0619. The Labute approximate surface area is 351 Å². The number of hydrogen-bond acceptors (Lipinski definition) is 3. The Bertz CT molecular complexity index is 970. The van der Waals surface area contributed by atoms with Crippen LogP contribution >= 0.6 is 0 Å². The standard InChI is InChI=1S/C53H97NO2/c1-5-9-12-14-19-27-37-51(38-28-20-15-13-10-6-2)48-53(56)41-31-22-18-24-34-47-54(8-4)46-33-23-17-16-21-30-39-52(55)40-32-25-29-36-50-44-42-49(43-45-50)35-26-11-7-3/h42-45,51H,5-41,46-48H2,1-4H3. The van der Waals surface area contributed by atoms with Crippen molar-refractivity contribution in [1.82, 2.24) is 4.90 Å². The molecule has 0 saturated carbocycles. The number of carbonyl (C=O) groups excluding carboxylic acids is 2. The van der Waals surface area contributed by atoms with Crippen LogP contribution in [0, 0.1) is 5.92 Å². The number of rotatable bonds is 44. The van der Waals surface area contributed by atoms with E-state index in [4.69, 9.17) is 0 Å². The fraction of sp³-hybridized carbons (Fsp3) is 0.849. The van der Waals surface area contributed by atoms with Gasteiger partial charge in [-0.1, -0.05) is 206 Å². The zero-order chi connectivity index (χ0) is 40.6. The highest BCUT2D eigenvalue weighted by Crippen LogP contribution is 2.24. The van der Waals surface area contributed by atoms with Crippen molar-refractivity contribution in [3.63, 3.8) is 0 Å². The molecule has 0 aliphatic carbocycles. The van der Waals surface area contributed by atoms with E-state index < -0.39 is 0 Å². The molecule has 56 heavy (non-hydrogen) atoms. The lowest BCUT2D eigenvalue weighted by Crippen LogP contribution is -2.25. The second kappa shape index (κ2) is 40.3. The molecule has 0 atom stereocenters. The van der Waals surface area contributed by atoms with E-state index in [0.717, 1.165) is 57.9 Å². The molecular weight excluding hydrogens is 683 g/mol. The zero-order valence-corrected chi connectivity index (χ0v) is 38.4. The first-order valence-electron chi connectivity index (χ1n) is 25.4. The molecule has 0 aliphatic heterocycles. The molecule has 3 heteroatoms. The summed E-state index contributed by atoms with van der Waals surface area (Å²) in [6.07, 6.45) is 45.4. The molecule has 0 amide bonds. The van der Waals surface area contributed by atoms with Crippen LogP contribution in [0.25, 0.3) is 0 Å². The van der Waals surface area contributed by atoms with E-state index in [9.17, 15) is 9.59 Å². The van der Waals surface area contributed by atoms with Gasteiger partial charge in [0, 0.05) is 25.7 Å². The fourth-order valence-electron chi connectivity index (χ4n) is 8.58. The molecule has 3 nitrogen and oxygen atoms in total. The predicted octanol–water partition coefficient (Wildman–Crippen LogP) is 16.6. The van der Waals surface area contributed by atoms with E-state index in [0.29, 0.717) is 17.5 Å². The molecule has 1 aromatic rings. The Morgan fingerprint density at radius 1 is 0.411 bits per heavy atom. The van der Waals surface area contributed by atoms with Gasteiger partial charge in [0.25, 0.3) is 0 Å². The van der Waals surface area contributed by atoms with Gasteiger partial charge in [-0.2, -0.15) is 0 Å². The van der Waals surface area contributed by atoms with Gasteiger partial charge in [0.15, 0.2) is 0 Å². The van der Waals surface area contributed by atoms with Gasteiger partial charge in [0.2, 0.25) is 0 Å². The molecule has 0 spiro atoms. The highest BCUT2D eigenvalue weighted by Gasteiger charge is 2.14. The summed E-state index contributed by atoms with van der Waals surface area (Å²) in [4.78, 5) is 28.0. The second-order valence-corrected chi connectivity index (χ2v) is 17.9. The lowest BCUT2D eigenvalue weighted by Gasteiger charge is -2.20. The van der Waals surface area contributed by atoms with Gasteiger partial charge in [-0.15, -0.1) is 0 Å². The number of hydrogen-bond donors (Lipinski definition) is 0. The number of Topliss-reactive ketones (excluding diaryl/α,β-unsaturated/α-hetero) is 2. The van der Waals surface area contributed by atoms with Gasteiger partial charge < -0.3 is 4.90 Å². The highest BCUT2D eigenvalue weighted by molar-refractivity contribution is 5.78. The summed E-state index contributed by atoms with van der Waals surface area (Å²) in [7, 11) is 0. The molecule has 0 fully saturated rings. The third-order valence-corrected chi connectivity index (χ3v) is 12.5. The van der Waals surface area contributed by atoms with E-state index in [2.05, 4.69) is 56.9 Å². The SMILES string of the molecule is CCCCCCCCC(CCCCCCCC)CC(=O)CCCCCCCN(CC)CCCCCCCCC(=O)CCCCCc1ccc(CCCCC)cc1. The molecule has 0 aliphatic rings. The predicted molar refractivity (Wildman–Crippen MR) is 248 cm³/mol. The van der Waals surface area contributed by atoms with Crippen LogP contribution in [0.5, 0.6) is 0 Å². The van der Waals surface area contributed by atoms with Crippen LogP contribution in [-0.4, -0.2) is 36.1 Å². The van der Waals surface area contributed by atoms with Crippen LogP contribution in [0.4, 0.5) is 0 Å². The van der Waals surface area contributed by atoms with Gasteiger partial charge in [0.1, 0.15) is 11.6 Å². The van der Waals surface area contributed by atoms with Crippen molar-refractivity contribution in [2.24, 2.45) is 5.92 Å². The minimum Gasteiger partial charge on any atom is -0.304 e. The summed E-state index contributed by atoms with van der Waals surface area (Å²) in [6.45, 7) is 12.8. The van der Waals surface area contributed by atoms with E-state index in [-0.39, 0.29) is 0 Å². The van der Waals surface area contributed by atoms with E-state index in [1.54, 1.807) is 0 Å². The largest absolute Gasteiger partial charge is 0.304 e. The molecule has 0 radical (unpaired) electrons. The maximum Gasteiger partial charge on any atom is 0.133 e. The van der Waals surface area contributed by atoms with Crippen molar-refractivity contribution in [3.05, 3.63) is 35.4 Å². The average Bonchev–Trinajstić information content (AvgIpc) is 3.20. The minimum absolute atomic E-state index is 0.481. The molecular formula is C53H97NO2. The van der Waals surface area contributed by atoms with Crippen LogP contribution in [0.3, 0.4) is 0 Å². The number of nitrogens with zero attached hydrogens (tertiary/aromatic N) is 1. The summed E-state index contributed by atoms with van der Waals surface area (Å²) >= 11 is 0. The summed E-state index contributed by atoms with van der Waals surface area (Å²) in [6, 6.07) is 9.25. The maximum atomic E-state index is 12.9. The zero-order valence-electron chi connectivity index (χ0n) is 38.4. The molecule has 0 bridgehead atoms. The van der Waals surface area contributed by atoms with Crippen molar-refractivity contribution in [2.45, 2.75) is 265 Å². The monoisotopic (exact) mass is 780 g/mol. The minimum atomic E-state index is 0.481. The first kappa shape index (κ1) is 52.5. The topological polar surface area (TPSA) is 37.4 Å². The lowest BCUT2D eigenvalue weighted by atomic mass is 9.89. The fourth-order valence-corrected chi connectivity index (χ4v) is 8.58. The molecule has 0 aromatic heterocycles. The molecule has 0 unspecified atom stereocenters. The van der Waals surface area contributed by atoms with Crippen LogP contribution in [0.1, 0.15) is 264 Å². The van der Waals surface area contributed by atoms with Crippen LogP contribution in [0.2, 0.25) is 0 Å². The Morgan fingerprint density at radius 3 is 1.20 bits per heavy atom. The number of unbranched alkanes of at least 4 members (excludes halogenated alkanes) is 23. The average molecular weight is 780 g/mol. The van der Waals surface area contributed by atoms with Gasteiger partial charge in [-0.3, -0.25) is 9.59 Å². The number of ketones is 2. The van der Waals surface area contributed by atoms with Crippen molar-refractivity contribution >= 4 is 11.6 Å². The number of benzene rings is 1. The Balaban J connectivity index is 2.01. The summed E-state index contributed by atoms with van der Waals surface area (Å²) < 4.78 is 0. The summed E-state index contributed by atoms with van der Waals surface area (Å²) in [5.74, 6) is 1.67. The summed E-state index contributed by atoms with van der Waals surface area (Å²) in [5.41, 5.74) is 2.92. The van der Waals surface area contributed by atoms with Crippen molar-refractivity contribution in [1.29, 1.82) is 0 Å². The van der Waals surface area contributed by atoms with Crippen LogP contribution in [-0.2, 0) is 22.4 Å². The smallest absolute Gasteiger partial charge is 0.133 e. The molecule has 1 rings (SSSR count). The first-order valence-corrected chi connectivity index (χ1v) is 25.4. The molecule has 0 N–H and O–H groups in total. The molecule has 0 saturated heterocycles. The Kier molecular flexibility index (Phi) is 37.8.